The van der Waals surface area contributed by atoms with Gasteiger partial charge in [0.1, 0.15) is 0 Å². The average Bonchev–Trinajstić information content (AvgIpc) is 3.04. The molecule has 0 radical (unpaired) electrons. The molecule has 2 heterocycles. The zero-order valence-corrected chi connectivity index (χ0v) is 11.9. The Labute approximate surface area is 117 Å². The van der Waals surface area contributed by atoms with Gasteiger partial charge in [-0.15, -0.1) is 0 Å². The Bertz CT molecular complexity index is 737. The number of aromatic amines is 1. The van der Waals surface area contributed by atoms with Gasteiger partial charge in [0.25, 0.3) is 0 Å². The Hall–Kier alpha value is -1.86. The molecule has 0 saturated heterocycles. The lowest BCUT2D eigenvalue weighted by atomic mass is 10.2. The molecule has 3 N–H and O–H groups in total. The Morgan fingerprint density at radius 1 is 1.40 bits per heavy atom. The van der Waals surface area contributed by atoms with Crippen LogP contribution < -0.4 is 10.0 Å². The van der Waals surface area contributed by atoms with Crippen molar-refractivity contribution in [3.8, 4) is 0 Å². The zero-order chi connectivity index (χ0) is 14.2. The monoisotopic (exact) mass is 292 g/mol. The largest absolute Gasteiger partial charge is 0.384 e. The minimum absolute atomic E-state index is 0.231. The van der Waals surface area contributed by atoms with Crippen molar-refractivity contribution in [2.75, 3.05) is 11.9 Å². The second kappa shape index (κ2) is 4.92. The summed E-state index contributed by atoms with van der Waals surface area (Å²) in [6, 6.07) is 5.20. The lowest BCUT2D eigenvalue weighted by Crippen LogP contribution is -2.23. The van der Waals surface area contributed by atoms with Crippen LogP contribution >= 0.6 is 0 Å². The van der Waals surface area contributed by atoms with Crippen molar-refractivity contribution in [1.82, 2.24) is 14.9 Å². The highest BCUT2D eigenvalue weighted by Crippen LogP contribution is 2.25. The molecule has 2 aromatic rings. The lowest BCUT2D eigenvalue weighted by molar-refractivity contribution is 0.581. The molecule has 0 unspecified atom stereocenters. The first-order chi connectivity index (χ1) is 9.56. The summed E-state index contributed by atoms with van der Waals surface area (Å²) in [6.07, 6.45) is 2.57. The predicted octanol–water partition coefficient (Wildman–Crippen LogP) is 1.16. The number of fused-ring (bicyclic) bond motifs is 1. The van der Waals surface area contributed by atoms with Crippen LogP contribution in [0.1, 0.15) is 16.8 Å². The molecule has 0 atom stereocenters. The normalized spacial score (nSPS) is 14.1. The van der Waals surface area contributed by atoms with Crippen LogP contribution in [0.25, 0.3) is 0 Å². The quantitative estimate of drug-likeness (QED) is 0.789. The molecule has 0 aliphatic carbocycles. The molecule has 0 fully saturated rings. The Kier molecular flexibility index (Phi) is 3.23. The molecule has 0 bridgehead atoms. The molecule has 0 saturated carbocycles. The first kappa shape index (κ1) is 13.1. The number of nitrogens with zero attached hydrogens (tertiary/aromatic N) is 1. The molecule has 106 valence electrons. The van der Waals surface area contributed by atoms with E-state index in [4.69, 9.17) is 0 Å². The standard InChI is InChI=1S/C13H16N4O2S/c1-9-11(7-15-17-9)8-16-20(18,19)12-3-2-10-4-5-14-13(10)6-12/h2-3,6-7,14,16H,4-5,8H2,1H3,(H,15,17). The molecule has 0 amide bonds. The summed E-state index contributed by atoms with van der Waals surface area (Å²) < 4.78 is 27.1. The number of benzene rings is 1. The van der Waals surface area contributed by atoms with E-state index in [9.17, 15) is 8.42 Å². The highest BCUT2D eigenvalue weighted by Gasteiger charge is 2.18. The van der Waals surface area contributed by atoms with Crippen molar-refractivity contribution < 1.29 is 8.42 Å². The van der Waals surface area contributed by atoms with Crippen LogP contribution in [0.15, 0.2) is 29.3 Å². The minimum Gasteiger partial charge on any atom is -0.384 e. The van der Waals surface area contributed by atoms with Crippen LogP contribution in [0, 0.1) is 6.92 Å². The van der Waals surface area contributed by atoms with E-state index in [-0.39, 0.29) is 11.4 Å². The van der Waals surface area contributed by atoms with Gasteiger partial charge in [-0.25, -0.2) is 13.1 Å². The molecule has 6 nitrogen and oxygen atoms in total. The fourth-order valence-electron chi connectivity index (χ4n) is 2.25. The fourth-order valence-corrected chi connectivity index (χ4v) is 3.28. The van der Waals surface area contributed by atoms with E-state index >= 15 is 0 Å². The maximum Gasteiger partial charge on any atom is 0.240 e. The van der Waals surface area contributed by atoms with E-state index in [0.29, 0.717) is 0 Å². The van der Waals surface area contributed by atoms with Crippen molar-refractivity contribution in [2.24, 2.45) is 0 Å². The van der Waals surface area contributed by atoms with E-state index in [2.05, 4.69) is 20.2 Å². The summed E-state index contributed by atoms with van der Waals surface area (Å²) in [4.78, 5) is 0.284. The van der Waals surface area contributed by atoms with E-state index in [1.165, 1.54) is 0 Å². The van der Waals surface area contributed by atoms with Gasteiger partial charge in [-0.2, -0.15) is 5.10 Å². The summed E-state index contributed by atoms with van der Waals surface area (Å²) in [5.41, 5.74) is 3.78. The number of aryl methyl sites for hydroxylation is 1. The fraction of sp³-hybridized carbons (Fsp3) is 0.308. The summed E-state index contributed by atoms with van der Waals surface area (Å²) in [7, 11) is -3.51. The number of aromatic nitrogens is 2. The van der Waals surface area contributed by atoms with Crippen molar-refractivity contribution in [1.29, 1.82) is 0 Å². The van der Waals surface area contributed by atoms with Gasteiger partial charge in [0.05, 0.1) is 11.1 Å². The highest BCUT2D eigenvalue weighted by molar-refractivity contribution is 7.89. The molecule has 0 spiro atoms. The van der Waals surface area contributed by atoms with Crippen LogP contribution in [0.3, 0.4) is 0 Å². The minimum atomic E-state index is -3.51. The van der Waals surface area contributed by atoms with E-state index in [0.717, 1.165) is 35.5 Å². The average molecular weight is 292 g/mol. The number of sulfonamides is 1. The second-order valence-corrected chi connectivity index (χ2v) is 6.61. The van der Waals surface area contributed by atoms with E-state index in [1.54, 1.807) is 18.3 Å². The molecule has 3 rings (SSSR count). The molecule has 20 heavy (non-hydrogen) atoms. The maximum absolute atomic E-state index is 12.3. The van der Waals surface area contributed by atoms with Crippen LogP contribution in [-0.2, 0) is 23.0 Å². The van der Waals surface area contributed by atoms with Crippen LogP contribution in [0.5, 0.6) is 0 Å². The molecule has 1 aromatic heterocycles. The zero-order valence-electron chi connectivity index (χ0n) is 11.1. The van der Waals surface area contributed by atoms with Gasteiger partial charge in [0.2, 0.25) is 10.0 Å². The van der Waals surface area contributed by atoms with Crippen LogP contribution in [0.2, 0.25) is 0 Å². The number of rotatable bonds is 4. The first-order valence-corrected chi connectivity index (χ1v) is 7.90. The van der Waals surface area contributed by atoms with Crippen molar-refractivity contribution in [2.45, 2.75) is 24.8 Å². The Balaban J connectivity index is 1.80. The lowest BCUT2D eigenvalue weighted by Gasteiger charge is -2.08. The predicted molar refractivity (Wildman–Crippen MR) is 76.0 cm³/mol. The highest BCUT2D eigenvalue weighted by atomic mass is 32.2. The maximum atomic E-state index is 12.3. The number of hydrogen-bond acceptors (Lipinski definition) is 4. The van der Waals surface area contributed by atoms with Crippen molar-refractivity contribution in [3.05, 3.63) is 41.2 Å². The van der Waals surface area contributed by atoms with Gasteiger partial charge in [0.15, 0.2) is 0 Å². The van der Waals surface area contributed by atoms with Crippen molar-refractivity contribution >= 4 is 15.7 Å². The van der Waals surface area contributed by atoms with Crippen LogP contribution in [0.4, 0.5) is 5.69 Å². The topological polar surface area (TPSA) is 86.9 Å². The summed E-state index contributed by atoms with van der Waals surface area (Å²) in [5.74, 6) is 0. The smallest absolute Gasteiger partial charge is 0.240 e. The van der Waals surface area contributed by atoms with E-state index < -0.39 is 10.0 Å². The first-order valence-electron chi connectivity index (χ1n) is 6.41. The number of nitrogens with one attached hydrogen (secondary N) is 3. The summed E-state index contributed by atoms with van der Waals surface area (Å²) in [5, 5.41) is 9.84. The van der Waals surface area contributed by atoms with Gasteiger partial charge in [-0.05, 0) is 31.0 Å². The van der Waals surface area contributed by atoms with Crippen LogP contribution in [-0.4, -0.2) is 25.2 Å². The second-order valence-electron chi connectivity index (χ2n) is 4.84. The third-order valence-electron chi connectivity index (χ3n) is 3.49. The van der Waals surface area contributed by atoms with Gasteiger partial charge in [0, 0.05) is 30.0 Å². The summed E-state index contributed by atoms with van der Waals surface area (Å²) in [6.45, 7) is 2.95. The Morgan fingerprint density at radius 2 is 2.25 bits per heavy atom. The summed E-state index contributed by atoms with van der Waals surface area (Å²) >= 11 is 0. The SMILES string of the molecule is Cc1[nH]ncc1CNS(=O)(=O)c1ccc2c(c1)NCC2. The van der Waals surface area contributed by atoms with Gasteiger partial charge < -0.3 is 5.32 Å². The van der Waals surface area contributed by atoms with E-state index in [1.807, 2.05) is 13.0 Å². The van der Waals surface area contributed by atoms with Gasteiger partial charge in [-0.1, -0.05) is 6.07 Å². The Morgan fingerprint density at radius 3 is 3.00 bits per heavy atom. The van der Waals surface area contributed by atoms with Crippen molar-refractivity contribution in [3.63, 3.8) is 0 Å². The number of hydrogen-bond donors (Lipinski definition) is 3. The van der Waals surface area contributed by atoms with Gasteiger partial charge >= 0.3 is 0 Å². The molecule has 1 aromatic carbocycles. The third kappa shape index (κ3) is 2.41. The molecular formula is C13H16N4O2S. The van der Waals surface area contributed by atoms with Gasteiger partial charge in [-0.3, -0.25) is 5.10 Å². The molecule has 7 heteroatoms. The molecule has 1 aliphatic rings. The number of anilines is 1. The molecule has 1 aliphatic heterocycles. The third-order valence-corrected chi connectivity index (χ3v) is 4.89. The number of H-pyrrole nitrogens is 1. The molecular weight excluding hydrogens is 276 g/mol.